The van der Waals surface area contributed by atoms with E-state index < -0.39 is 12.0 Å². The van der Waals surface area contributed by atoms with E-state index in [2.05, 4.69) is 5.32 Å². The Morgan fingerprint density at radius 2 is 1.76 bits per heavy atom. The summed E-state index contributed by atoms with van der Waals surface area (Å²) in [4.78, 5) is 12.1. The molecule has 0 aliphatic heterocycles. The number of para-hydroxylation sites is 1. The van der Waals surface area contributed by atoms with Gasteiger partial charge in [-0.25, -0.2) is 4.79 Å². The van der Waals surface area contributed by atoms with E-state index in [4.69, 9.17) is 21.1 Å². The number of hydrogen-bond donors (Lipinski definition) is 1. The quantitative estimate of drug-likeness (QED) is 0.856. The minimum absolute atomic E-state index is 0.394. The summed E-state index contributed by atoms with van der Waals surface area (Å²) in [5, 5.41) is 3.77. The molecule has 21 heavy (non-hydrogen) atoms. The molecule has 0 saturated heterocycles. The van der Waals surface area contributed by atoms with Crippen molar-refractivity contribution in [2.24, 2.45) is 0 Å². The summed E-state index contributed by atoms with van der Waals surface area (Å²) in [6.07, 6.45) is 0. The Hall–Kier alpha value is -2.20. The first-order chi connectivity index (χ1) is 10.2. The largest absolute Gasteiger partial charge is 0.496 e. The maximum Gasteiger partial charge on any atom is 0.333 e. The van der Waals surface area contributed by atoms with Crippen LogP contribution in [0.4, 0.5) is 5.69 Å². The second-order valence-corrected chi connectivity index (χ2v) is 4.79. The molecule has 2 aromatic carbocycles. The standard InChI is InChI=1S/C16H16ClNO3/c1-20-14-6-4-3-5-13(14)15(16(19)21-2)18-12-9-7-11(17)8-10-12/h3-10,15,18H,1-2H3. The van der Waals surface area contributed by atoms with Crippen molar-refractivity contribution >= 4 is 23.3 Å². The van der Waals surface area contributed by atoms with Gasteiger partial charge in [0.1, 0.15) is 5.75 Å². The van der Waals surface area contributed by atoms with E-state index in [0.29, 0.717) is 16.3 Å². The third-order valence-corrected chi connectivity index (χ3v) is 3.29. The van der Waals surface area contributed by atoms with Crippen LogP contribution in [0.15, 0.2) is 48.5 Å². The van der Waals surface area contributed by atoms with Gasteiger partial charge < -0.3 is 14.8 Å². The minimum atomic E-state index is -0.660. The number of benzene rings is 2. The molecule has 2 rings (SSSR count). The number of nitrogens with one attached hydrogen (secondary N) is 1. The van der Waals surface area contributed by atoms with Gasteiger partial charge in [-0.3, -0.25) is 0 Å². The fourth-order valence-electron chi connectivity index (χ4n) is 2.00. The first-order valence-corrected chi connectivity index (χ1v) is 6.76. The van der Waals surface area contributed by atoms with Gasteiger partial charge >= 0.3 is 5.97 Å². The lowest BCUT2D eigenvalue weighted by Crippen LogP contribution is -2.22. The maximum absolute atomic E-state index is 12.1. The van der Waals surface area contributed by atoms with E-state index in [-0.39, 0.29) is 0 Å². The van der Waals surface area contributed by atoms with E-state index in [1.54, 1.807) is 37.4 Å². The highest BCUT2D eigenvalue weighted by Gasteiger charge is 2.24. The zero-order valence-electron chi connectivity index (χ0n) is 11.8. The van der Waals surface area contributed by atoms with Crippen molar-refractivity contribution in [3.05, 3.63) is 59.1 Å². The minimum Gasteiger partial charge on any atom is -0.496 e. The number of hydrogen-bond acceptors (Lipinski definition) is 4. The highest BCUT2D eigenvalue weighted by molar-refractivity contribution is 6.30. The lowest BCUT2D eigenvalue weighted by molar-refractivity contribution is -0.141. The Bertz CT molecular complexity index is 613. The van der Waals surface area contributed by atoms with Gasteiger partial charge in [-0.2, -0.15) is 0 Å². The predicted octanol–water partition coefficient (Wildman–Crippen LogP) is 3.67. The SMILES string of the molecule is COC(=O)C(Nc1ccc(Cl)cc1)c1ccccc1OC. The molecule has 0 spiro atoms. The van der Waals surface area contributed by atoms with Crippen molar-refractivity contribution in [1.82, 2.24) is 0 Å². The van der Waals surface area contributed by atoms with E-state index >= 15 is 0 Å². The smallest absolute Gasteiger partial charge is 0.333 e. The van der Waals surface area contributed by atoms with Crippen LogP contribution in [0.25, 0.3) is 0 Å². The van der Waals surface area contributed by atoms with E-state index in [1.165, 1.54) is 7.11 Å². The molecule has 2 aromatic rings. The predicted molar refractivity (Wildman–Crippen MR) is 82.8 cm³/mol. The van der Waals surface area contributed by atoms with Gasteiger partial charge in [0.15, 0.2) is 6.04 Å². The summed E-state index contributed by atoms with van der Waals surface area (Å²) in [6, 6.07) is 13.8. The van der Waals surface area contributed by atoms with E-state index in [9.17, 15) is 4.79 Å². The van der Waals surface area contributed by atoms with Gasteiger partial charge in [-0.1, -0.05) is 29.8 Å². The van der Waals surface area contributed by atoms with E-state index in [0.717, 1.165) is 5.69 Å². The summed E-state index contributed by atoms with van der Waals surface area (Å²) in [7, 11) is 2.92. The number of halogens is 1. The molecule has 0 bridgehead atoms. The third kappa shape index (κ3) is 3.67. The molecule has 0 saturated carbocycles. The summed E-state index contributed by atoms with van der Waals surface area (Å²) in [5.74, 6) is 0.226. The molecule has 0 fully saturated rings. The fourth-order valence-corrected chi connectivity index (χ4v) is 2.13. The number of anilines is 1. The van der Waals surface area contributed by atoms with Crippen molar-refractivity contribution in [3.63, 3.8) is 0 Å². The van der Waals surface area contributed by atoms with Crippen LogP contribution in [-0.4, -0.2) is 20.2 Å². The van der Waals surface area contributed by atoms with Crippen LogP contribution >= 0.6 is 11.6 Å². The Morgan fingerprint density at radius 1 is 1.10 bits per heavy atom. The lowest BCUT2D eigenvalue weighted by Gasteiger charge is -2.20. The average molecular weight is 306 g/mol. The Morgan fingerprint density at radius 3 is 2.38 bits per heavy atom. The highest BCUT2D eigenvalue weighted by atomic mass is 35.5. The van der Waals surface area contributed by atoms with Gasteiger partial charge in [0.2, 0.25) is 0 Å². The maximum atomic E-state index is 12.1. The topological polar surface area (TPSA) is 47.6 Å². The number of esters is 1. The molecule has 0 aliphatic rings. The summed E-state index contributed by atoms with van der Waals surface area (Å²) in [6.45, 7) is 0. The highest BCUT2D eigenvalue weighted by Crippen LogP contribution is 2.29. The number of ether oxygens (including phenoxy) is 2. The summed E-state index contributed by atoms with van der Waals surface area (Å²) >= 11 is 5.86. The van der Waals surface area contributed by atoms with Crippen LogP contribution in [-0.2, 0) is 9.53 Å². The first kappa shape index (κ1) is 15.2. The zero-order chi connectivity index (χ0) is 15.2. The van der Waals surface area contributed by atoms with Gasteiger partial charge in [-0.15, -0.1) is 0 Å². The molecule has 0 radical (unpaired) electrons. The molecule has 1 N–H and O–H groups in total. The molecule has 0 amide bonds. The Balaban J connectivity index is 2.34. The van der Waals surface area contributed by atoms with Gasteiger partial charge in [0.05, 0.1) is 14.2 Å². The van der Waals surface area contributed by atoms with Crippen LogP contribution in [0.3, 0.4) is 0 Å². The van der Waals surface area contributed by atoms with Crippen LogP contribution < -0.4 is 10.1 Å². The summed E-state index contributed by atoms with van der Waals surface area (Å²) < 4.78 is 10.2. The third-order valence-electron chi connectivity index (χ3n) is 3.04. The number of carbonyl (C=O) groups is 1. The van der Waals surface area contributed by atoms with Crippen LogP contribution in [0, 0.1) is 0 Å². The van der Waals surface area contributed by atoms with Crippen molar-refractivity contribution in [1.29, 1.82) is 0 Å². The van der Waals surface area contributed by atoms with Crippen molar-refractivity contribution in [2.45, 2.75) is 6.04 Å². The molecule has 0 aromatic heterocycles. The Labute approximate surface area is 128 Å². The summed E-state index contributed by atoms with van der Waals surface area (Å²) in [5.41, 5.74) is 1.47. The second-order valence-electron chi connectivity index (χ2n) is 4.35. The molecule has 110 valence electrons. The molecule has 0 heterocycles. The van der Waals surface area contributed by atoms with Crippen molar-refractivity contribution in [3.8, 4) is 5.75 Å². The van der Waals surface area contributed by atoms with Crippen molar-refractivity contribution in [2.75, 3.05) is 19.5 Å². The fraction of sp³-hybridized carbons (Fsp3) is 0.188. The molecular weight excluding hydrogens is 290 g/mol. The molecular formula is C16H16ClNO3. The monoisotopic (exact) mass is 305 g/mol. The Kier molecular flexibility index (Phi) is 5.06. The van der Waals surface area contributed by atoms with Crippen LogP contribution in [0.1, 0.15) is 11.6 Å². The second kappa shape index (κ2) is 6.99. The van der Waals surface area contributed by atoms with Crippen molar-refractivity contribution < 1.29 is 14.3 Å². The first-order valence-electron chi connectivity index (χ1n) is 6.38. The van der Waals surface area contributed by atoms with Gasteiger partial charge in [-0.05, 0) is 30.3 Å². The van der Waals surface area contributed by atoms with Gasteiger partial charge in [0.25, 0.3) is 0 Å². The average Bonchev–Trinajstić information content (AvgIpc) is 2.53. The van der Waals surface area contributed by atoms with Gasteiger partial charge in [0, 0.05) is 16.3 Å². The molecule has 5 heteroatoms. The lowest BCUT2D eigenvalue weighted by atomic mass is 10.1. The number of carbonyl (C=O) groups excluding carboxylic acids is 1. The number of rotatable bonds is 5. The van der Waals surface area contributed by atoms with Crippen LogP contribution in [0.5, 0.6) is 5.75 Å². The number of methoxy groups -OCH3 is 2. The molecule has 0 aliphatic carbocycles. The molecule has 4 nitrogen and oxygen atoms in total. The van der Waals surface area contributed by atoms with E-state index in [1.807, 2.05) is 18.2 Å². The normalized spacial score (nSPS) is 11.6. The molecule has 1 unspecified atom stereocenters. The molecule has 1 atom stereocenters. The zero-order valence-corrected chi connectivity index (χ0v) is 12.6. The van der Waals surface area contributed by atoms with Crippen LogP contribution in [0.2, 0.25) is 5.02 Å².